The molecule has 1 atom stereocenters. The first-order valence-corrected chi connectivity index (χ1v) is 16.4. The van der Waals surface area contributed by atoms with Crippen molar-refractivity contribution in [2.24, 2.45) is 5.92 Å². The van der Waals surface area contributed by atoms with E-state index in [4.69, 9.17) is 37.4 Å². The van der Waals surface area contributed by atoms with Crippen molar-refractivity contribution in [2.45, 2.75) is 50.6 Å². The molecular weight excluding hydrogens is 662 g/mol. The number of thiazole rings is 1. The van der Waals surface area contributed by atoms with Gasteiger partial charge in [0.1, 0.15) is 39.5 Å². The minimum absolute atomic E-state index is 0.0665. The minimum atomic E-state index is -4.09. The van der Waals surface area contributed by atoms with Gasteiger partial charge in [-0.25, -0.2) is 22.6 Å². The summed E-state index contributed by atoms with van der Waals surface area (Å²) in [5, 5.41) is 11.4. The van der Waals surface area contributed by atoms with Gasteiger partial charge in [0.2, 0.25) is 6.29 Å². The van der Waals surface area contributed by atoms with E-state index in [-0.39, 0.29) is 35.9 Å². The van der Waals surface area contributed by atoms with E-state index in [9.17, 15) is 27.9 Å². The first kappa shape index (κ1) is 35.0. The maximum atomic E-state index is 15.0. The van der Waals surface area contributed by atoms with E-state index < -0.39 is 63.1 Å². The van der Waals surface area contributed by atoms with Crippen molar-refractivity contribution < 1.29 is 46.5 Å². The van der Waals surface area contributed by atoms with Crippen molar-refractivity contribution in [1.82, 2.24) is 9.88 Å². The van der Waals surface area contributed by atoms with Gasteiger partial charge < -0.3 is 19.3 Å². The molecule has 0 aliphatic heterocycles. The summed E-state index contributed by atoms with van der Waals surface area (Å²) in [6, 6.07) is 6.44. The summed E-state index contributed by atoms with van der Waals surface area (Å²) in [5.41, 5.74) is 0.511. The standard InChI is InChI=1S/C28H29Cl2FN2O9S2/c1-16(2)27(36)40-17(3)41-28(37)33(14-26(34)35)9-4-5-18-11-19(29)6-7-22(18)42-23-13-21(31)24(12-20(23)30)44(38,39)15-25-32-8-10-43-25/h6-8,10-13,16-17H,4-5,9,14-15H2,1-3H3,(H,34,35). The lowest BCUT2D eigenvalue weighted by Crippen LogP contribution is -2.39. The van der Waals surface area contributed by atoms with Gasteiger partial charge in [-0.3, -0.25) is 14.5 Å². The zero-order chi connectivity index (χ0) is 32.6. The van der Waals surface area contributed by atoms with E-state index in [0.717, 1.165) is 28.4 Å². The number of carbonyl (C=O) groups is 3. The maximum Gasteiger partial charge on any atom is 0.413 e. The predicted octanol–water partition coefficient (Wildman–Crippen LogP) is 6.36. The Kier molecular flexibility index (Phi) is 12.3. The zero-order valence-corrected chi connectivity index (χ0v) is 26.9. The summed E-state index contributed by atoms with van der Waals surface area (Å²) in [5.74, 6) is -3.81. The number of aryl methyl sites for hydroxylation is 1. The second-order valence-corrected chi connectivity index (χ2v) is 13.5. The molecule has 0 spiro atoms. The number of carbonyl (C=O) groups excluding carboxylic acids is 2. The Hall–Kier alpha value is -3.46. The predicted molar refractivity (Wildman–Crippen MR) is 160 cm³/mol. The molecule has 1 aromatic heterocycles. The molecule has 238 valence electrons. The van der Waals surface area contributed by atoms with Gasteiger partial charge in [0.05, 0.1) is 10.9 Å². The molecule has 0 aliphatic carbocycles. The fourth-order valence-electron chi connectivity index (χ4n) is 3.75. The number of hydrogen-bond acceptors (Lipinski definition) is 10. The first-order chi connectivity index (χ1) is 20.7. The normalized spacial score (nSPS) is 12.1. The Balaban J connectivity index is 1.73. The number of carboxylic acid groups (broad SMARTS) is 1. The summed E-state index contributed by atoms with van der Waals surface area (Å²) < 4.78 is 56.5. The molecule has 1 amide bonds. The van der Waals surface area contributed by atoms with Crippen LogP contribution in [0.1, 0.15) is 37.8 Å². The second-order valence-electron chi connectivity index (χ2n) is 9.71. The van der Waals surface area contributed by atoms with Crippen molar-refractivity contribution in [3.8, 4) is 11.5 Å². The van der Waals surface area contributed by atoms with Gasteiger partial charge in [-0.15, -0.1) is 11.3 Å². The van der Waals surface area contributed by atoms with Crippen LogP contribution in [-0.2, 0) is 41.1 Å². The van der Waals surface area contributed by atoms with Crippen LogP contribution in [0.5, 0.6) is 11.5 Å². The molecule has 1 unspecified atom stereocenters. The molecular formula is C28H29Cl2FN2O9S2. The van der Waals surface area contributed by atoms with Gasteiger partial charge in [0.15, 0.2) is 9.84 Å². The fraction of sp³-hybridized carbons (Fsp3) is 0.357. The topological polar surface area (TPSA) is 149 Å². The number of rotatable bonds is 14. The van der Waals surface area contributed by atoms with Crippen molar-refractivity contribution in [1.29, 1.82) is 0 Å². The molecule has 11 nitrogen and oxygen atoms in total. The molecule has 0 radical (unpaired) electrons. The highest BCUT2D eigenvalue weighted by atomic mass is 35.5. The van der Waals surface area contributed by atoms with Gasteiger partial charge in [0.25, 0.3) is 0 Å². The SMILES string of the molecule is CC(OC(=O)C(C)C)OC(=O)N(CCCc1cc(Cl)ccc1Oc1cc(F)c(S(=O)(=O)Cc2nccs2)cc1Cl)CC(=O)O. The number of carboxylic acids is 1. The Labute approximate surface area is 267 Å². The number of sulfone groups is 1. The van der Waals surface area contributed by atoms with Crippen LogP contribution in [0.3, 0.4) is 0 Å². The number of halogens is 3. The fourth-order valence-corrected chi connectivity index (χ4v) is 6.56. The molecule has 1 N–H and O–H groups in total. The van der Waals surface area contributed by atoms with E-state index in [2.05, 4.69) is 4.98 Å². The number of aliphatic carboxylic acids is 1. The summed E-state index contributed by atoms with van der Waals surface area (Å²) in [4.78, 5) is 40.0. The third-order valence-corrected chi connectivity index (χ3v) is 8.97. The van der Waals surface area contributed by atoms with Crippen molar-refractivity contribution in [2.75, 3.05) is 13.1 Å². The summed E-state index contributed by atoms with van der Waals surface area (Å²) in [7, 11) is -4.09. The van der Waals surface area contributed by atoms with Crippen LogP contribution in [-0.4, -0.2) is 60.8 Å². The first-order valence-electron chi connectivity index (χ1n) is 13.1. The number of ether oxygens (including phenoxy) is 3. The molecule has 1 heterocycles. The van der Waals surface area contributed by atoms with Gasteiger partial charge in [0, 0.05) is 36.1 Å². The molecule has 3 aromatic rings. The molecule has 0 saturated heterocycles. The van der Waals surface area contributed by atoms with Crippen LogP contribution >= 0.6 is 34.5 Å². The summed E-state index contributed by atoms with van der Waals surface area (Å²) >= 11 is 13.6. The average molecular weight is 692 g/mol. The largest absolute Gasteiger partial charge is 0.480 e. The lowest BCUT2D eigenvalue weighted by atomic mass is 10.1. The Morgan fingerprint density at radius 3 is 2.45 bits per heavy atom. The van der Waals surface area contributed by atoms with Crippen LogP contribution in [0, 0.1) is 11.7 Å². The Bertz CT molecular complexity index is 1600. The van der Waals surface area contributed by atoms with E-state index in [1.54, 1.807) is 25.3 Å². The highest BCUT2D eigenvalue weighted by molar-refractivity contribution is 7.90. The highest BCUT2D eigenvalue weighted by Gasteiger charge is 2.25. The van der Waals surface area contributed by atoms with Crippen molar-refractivity contribution in [3.63, 3.8) is 0 Å². The number of hydrogen-bond donors (Lipinski definition) is 1. The van der Waals surface area contributed by atoms with E-state index in [0.29, 0.717) is 15.6 Å². The summed E-state index contributed by atoms with van der Waals surface area (Å²) in [6.07, 6.45) is -0.346. The molecule has 16 heteroatoms. The smallest absolute Gasteiger partial charge is 0.413 e. The Morgan fingerprint density at radius 1 is 1.09 bits per heavy atom. The van der Waals surface area contributed by atoms with Gasteiger partial charge >= 0.3 is 18.0 Å². The van der Waals surface area contributed by atoms with E-state index >= 15 is 4.39 Å². The van der Waals surface area contributed by atoms with Crippen LogP contribution in [0.4, 0.5) is 9.18 Å². The quantitative estimate of drug-likeness (QED) is 0.150. The van der Waals surface area contributed by atoms with Gasteiger partial charge in [-0.05, 0) is 42.7 Å². The molecule has 0 fully saturated rings. The van der Waals surface area contributed by atoms with Gasteiger partial charge in [-0.2, -0.15) is 0 Å². The molecule has 44 heavy (non-hydrogen) atoms. The van der Waals surface area contributed by atoms with Crippen molar-refractivity contribution >= 4 is 62.4 Å². The van der Waals surface area contributed by atoms with Crippen molar-refractivity contribution in [3.05, 3.63) is 68.3 Å². The van der Waals surface area contributed by atoms with E-state index in [1.807, 2.05) is 0 Å². The Morgan fingerprint density at radius 2 is 1.82 bits per heavy atom. The second kappa shape index (κ2) is 15.5. The highest BCUT2D eigenvalue weighted by Crippen LogP contribution is 2.36. The average Bonchev–Trinajstić information content (AvgIpc) is 3.43. The van der Waals surface area contributed by atoms with E-state index in [1.165, 1.54) is 25.3 Å². The lowest BCUT2D eigenvalue weighted by molar-refractivity contribution is -0.170. The van der Waals surface area contributed by atoms with Gasteiger partial charge in [-0.1, -0.05) is 37.0 Å². The molecule has 0 saturated carbocycles. The summed E-state index contributed by atoms with van der Waals surface area (Å²) in [6.45, 7) is 3.81. The van der Waals surface area contributed by atoms with Crippen LogP contribution in [0.2, 0.25) is 10.0 Å². The van der Waals surface area contributed by atoms with Crippen LogP contribution < -0.4 is 4.74 Å². The molecule has 0 aliphatic rings. The molecule has 2 aromatic carbocycles. The third-order valence-electron chi connectivity index (χ3n) is 5.84. The lowest BCUT2D eigenvalue weighted by Gasteiger charge is -2.23. The monoisotopic (exact) mass is 690 g/mol. The van der Waals surface area contributed by atoms with Crippen LogP contribution in [0.25, 0.3) is 0 Å². The third kappa shape index (κ3) is 10.0. The number of amides is 1. The number of nitrogens with zero attached hydrogens (tertiary/aromatic N) is 2. The zero-order valence-electron chi connectivity index (χ0n) is 23.8. The number of aromatic nitrogens is 1. The maximum absolute atomic E-state index is 15.0. The number of benzene rings is 2. The number of esters is 1. The minimum Gasteiger partial charge on any atom is -0.480 e. The van der Waals surface area contributed by atoms with Crippen LogP contribution in [0.15, 0.2) is 46.8 Å². The molecule has 0 bridgehead atoms. The molecule has 3 rings (SSSR count).